The van der Waals surface area contributed by atoms with E-state index in [-0.39, 0.29) is 35.9 Å². The molecule has 5 rings (SSSR count). The molecule has 0 fully saturated rings. The van der Waals surface area contributed by atoms with Crippen LogP contribution in [0.2, 0.25) is 5.02 Å². The molecular weight excluding hydrogens is 510 g/mol. The molecule has 3 aromatic carbocycles. The molecule has 9 nitrogen and oxygen atoms in total. The van der Waals surface area contributed by atoms with Crippen molar-refractivity contribution in [2.75, 3.05) is 17.8 Å². The van der Waals surface area contributed by atoms with Crippen LogP contribution in [-0.4, -0.2) is 23.7 Å². The second kappa shape index (κ2) is 11.1. The third-order valence-electron chi connectivity index (χ3n) is 5.61. The van der Waals surface area contributed by atoms with E-state index in [1.807, 2.05) is 30.3 Å². The second-order valence-electron chi connectivity index (χ2n) is 8.28. The summed E-state index contributed by atoms with van der Waals surface area (Å²) in [5.74, 6) is 0.220. The summed E-state index contributed by atoms with van der Waals surface area (Å²) in [5, 5.41) is 3.11. The Bertz CT molecular complexity index is 1480. The van der Waals surface area contributed by atoms with Gasteiger partial charge in [0.05, 0.1) is 5.02 Å². The fourth-order valence-corrected chi connectivity index (χ4v) is 3.88. The number of carbonyl (C=O) groups is 2. The fraction of sp³-hybridized carbons (Fsp3) is 0.107. The monoisotopic (exact) mass is 531 g/mol. The Morgan fingerprint density at radius 2 is 1.82 bits per heavy atom. The summed E-state index contributed by atoms with van der Waals surface area (Å²) in [4.78, 5) is 30.1. The maximum atomic E-state index is 13.2. The van der Waals surface area contributed by atoms with E-state index in [1.165, 1.54) is 12.3 Å². The first-order chi connectivity index (χ1) is 18.5. The molecular formula is C28H22ClN3O6. The summed E-state index contributed by atoms with van der Waals surface area (Å²) in [7, 11) is 0. The zero-order chi connectivity index (χ0) is 26.5. The van der Waals surface area contributed by atoms with Crippen LogP contribution in [0.15, 0.2) is 85.1 Å². The normalized spacial score (nSPS) is 12.4. The number of hydrogen-bond donors (Lipinski definition) is 2. The average molecular weight is 532 g/mol. The number of nitrogens with one attached hydrogen (secondary N) is 1. The molecule has 0 aliphatic carbocycles. The SMILES string of the molecule is Nc1ncc(Cl)cc1O[C@@H](C(=O)OCc1ccccc1)c1cccc(NC(=O)c2ccc3c(c2)OCO3)c1. The minimum Gasteiger partial charge on any atom is -0.470 e. The molecule has 3 N–H and O–H groups in total. The van der Waals surface area contributed by atoms with Gasteiger partial charge in [-0.25, -0.2) is 9.78 Å². The van der Waals surface area contributed by atoms with E-state index < -0.39 is 12.1 Å². The van der Waals surface area contributed by atoms with Gasteiger partial charge in [-0.15, -0.1) is 0 Å². The number of hydrogen-bond acceptors (Lipinski definition) is 8. The Hall–Kier alpha value is -4.76. The van der Waals surface area contributed by atoms with Crippen molar-refractivity contribution in [3.63, 3.8) is 0 Å². The van der Waals surface area contributed by atoms with E-state index in [1.54, 1.807) is 42.5 Å². The molecule has 1 aliphatic heterocycles. The predicted octanol–water partition coefficient (Wildman–Crippen LogP) is 5.16. The molecule has 1 amide bonds. The Morgan fingerprint density at radius 1 is 1.00 bits per heavy atom. The third-order valence-corrected chi connectivity index (χ3v) is 5.82. The van der Waals surface area contributed by atoms with Crippen molar-refractivity contribution in [1.82, 2.24) is 4.98 Å². The van der Waals surface area contributed by atoms with Crippen LogP contribution < -0.4 is 25.3 Å². The van der Waals surface area contributed by atoms with Gasteiger partial charge < -0.3 is 30.0 Å². The van der Waals surface area contributed by atoms with Gasteiger partial charge in [0.15, 0.2) is 23.1 Å². The first-order valence-corrected chi connectivity index (χ1v) is 11.9. The summed E-state index contributed by atoms with van der Waals surface area (Å²) < 4.78 is 22.2. The number of anilines is 2. The van der Waals surface area contributed by atoms with Crippen LogP contribution in [-0.2, 0) is 16.1 Å². The molecule has 4 aromatic rings. The number of amides is 1. The first kappa shape index (κ1) is 24.9. The molecule has 0 unspecified atom stereocenters. The maximum Gasteiger partial charge on any atom is 0.352 e. The number of esters is 1. The van der Waals surface area contributed by atoms with Gasteiger partial charge in [0.25, 0.3) is 5.91 Å². The molecule has 10 heteroatoms. The average Bonchev–Trinajstić information content (AvgIpc) is 3.41. The number of benzene rings is 3. The van der Waals surface area contributed by atoms with E-state index in [0.717, 1.165) is 5.56 Å². The van der Waals surface area contributed by atoms with Gasteiger partial charge in [-0.3, -0.25) is 4.79 Å². The zero-order valence-electron chi connectivity index (χ0n) is 19.9. The van der Waals surface area contributed by atoms with Crippen molar-refractivity contribution in [3.8, 4) is 17.2 Å². The smallest absolute Gasteiger partial charge is 0.352 e. The highest BCUT2D eigenvalue weighted by Crippen LogP contribution is 2.33. The van der Waals surface area contributed by atoms with Gasteiger partial charge in [-0.2, -0.15) is 0 Å². The van der Waals surface area contributed by atoms with Crippen molar-refractivity contribution in [2.24, 2.45) is 0 Å². The molecule has 1 aliphatic rings. The lowest BCUT2D eigenvalue weighted by atomic mass is 10.1. The standard InChI is InChI=1S/C28H22ClN3O6/c29-20-13-24(26(30)31-14-20)38-25(28(34)35-15-17-5-2-1-3-6-17)18-7-4-8-21(11-18)32-27(33)19-9-10-22-23(12-19)37-16-36-22/h1-14,25H,15-16H2,(H2,30,31)(H,32,33)/t25-/m1/s1. The molecule has 0 radical (unpaired) electrons. The van der Waals surface area contributed by atoms with Gasteiger partial charge in [-0.05, 0) is 35.9 Å². The second-order valence-corrected chi connectivity index (χ2v) is 8.71. The van der Waals surface area contributed by atoms with E-state index in [2.05, 4.69) is 10.3 Å². The summed E-state index contributed by atoms with van der Waals surface area (Å²) >= 11 is 6.06. The van der Waals surface area contributed by atoms with Crippen molar-refractivity contribution in [2.45, 2.75) is 12.7 Å². The highest BCUT2D eigenvalue weighted by molar-refractivity contribution is 6.30. The number of halogens is 1. The summed E-state index contributed by atoms with van der Waals surface area (Å²) in [5.41, 5.74) is 8.01. The number of aromatic nitrogens is 1. The minimum absolute atomic E-state index is 0.0450. The largest absolute Gasteiger partial charge is 0.470 e. The molecule has 0 saturated carbocycles. The minimum atomic E-state index is -1.22. The Kier molecular flexibility index (Phi) is 7.28. The van der Waals surface area contributed by atoms with E-state index >= 15 is 0 Å². The van der Waals surface area contributed by atoms with Crippen LogP contribution in [0.5, 0.6) is 17.2 Å². The van der Waals surface area contributed by atoms with Gasteiger partial charge >= 0.3 is 5.97 Å². The van der Waals surface area contributed by atoms with Crippen LogP contribution in [0.4, 0.5) is 11.5 Å². The lowest BCUT2D eigenvalue weighted by Gasteiger charge is -2.20. The molecule has 0 saturated heterocycles. The lowest BCUT2D eigenvalue weighted by molar-refractivity contribution is -0.153. The quantitative estimate of drug-likeness (QED) is 0.299. The first-order valence-electron chi connectivity index (χ1n) is 11.6. The number of carbonyl (C=O) groups excluding carboxylic acids is 2. The summed E-state index contributed by atoms with van der Waals surface area (Å²) in [6.45, 7) is 0.153. The molecule has 1 atom stereocenters. The van der Waals surface area contributed by atoms with Crippen molar-refractivity contribution in [3.05, 3.63) is 107 Å². The van der Waals surface area contributed by atoms with Gasteiger partial charge in [0.2, 0.25) is 12.9 Å². The molecule has 1 aromatic heterocycles. The van der Waals surface area contributed by atoms with Crippen LogP contribution in [0, 0.1) is 0 Å². The van der Waals surface area contributed by atoms with Crippen LogP contribution >= 0.6 is 11.6 Å². The Labute approximate surface area is 223 Å². The Balaban J connectivity index is 1.38. The number of nitrogens with two attached hydrogens (primary N) is 1. The Morgan fingerprint density at radius 3 is 2.66 bits per heavy atom. The van der Waals surface area contributed by atoms with Crippen LogP contribution in [0.25, 0.3) is 0 Å². The van der Waals surface area contributed by atoms with Crippen molar-refractivity contribution in [1.29, 1.82) is 0 Å². The van der Waals surface area contributed by atoms with E-state index in [9.17, 15) is 9.59 Å². The van der Waals surface area contributed by atoms with Gasteiger partial charge in [0.1, 0.15) is 6.61 Å². The molecule has 0 spiro atoms. The van der Waals surface area contributed by atoms with Crippen molar-refractivity contribution < 1.29 is 28.5 Å². The number of pyridine rings is 1. The number of fused-ring (bicyclic) bond motifs is 1. The number of rotatable bonds is 8. The van der Waals surface area contributed by atoms with Crippen molar-refractivity contribution >= 4 is 35.0 Å². The fourth-order valence-electron chi connectivity index (χ4n) is 3.73. The van der Waals surface area contributed by atoms with Crippen LogP contribution in [0.3, 0.4) is 0 Å². The number of ether oxygens (including phenoxy) is 4. The van der Waals surface area contributed by atoms with Gasteiger partial charge in [0, 0.05) is 29.1 Å². The number of nitrogen functional groups attached to an aromatic ring is 1. The highest BCUT2D eigenvalue weighted by Gasteiger charge is 2.27. The maximum absolute atomic E-state index is 13.2. The van der Waals surface area contributed by atoms with Crippen LogP contribution in [0.1, 0.15) is 27.6 Å². The lowest BCUT2D eigenvalue weighted by Crippen LogP contribution is -2.22. The molecule has 192 valence electrons. The van der Waals surface area contributed by atoms with E-state index in [0.29, 0.717) is 28.3 Å². The zero-order valence-corrected chi connectivity index (χ0v) is 20.7. The summed E-state index contributed by atoms with van der Waals surface area (Å²) in [6, 6.07) is 22.3. The molecule has 0 bridgehead atoms. The van der Waals surface area contributed by atoms with Gasteiger partial charge in [-0.1, -0.05) is 54.1 Å². The predicted molar refractivity (Wildman–Crippen MR) is 140 cm³/mol. The van der Waals surface area contributed by atoms with E-state index in [4.69, 9.17) is 36.3 Å². The third kappa shape index (κ3) is 5.79. The summed E-state index contributed by atoms with van der Waals surface area (Å²) in [6.07, 6.45) is 0.155. The molecule has 2 heterocycles. The highest BCUT2D eigenvalue weighted by atomic mass is 35.5. The molecule has 38 heavy (non-hydrogen) atoms. The number of nitrogens with zero attached hydrogens (tertiary/aromatic N) is 1. The topological polar surface area (TPSA) is 122 Å².